The normalized spacial score (nSPS) is 21.9. The molecule has 1 aliphatic rings. The first-order chi connectivity index (χ1) is 8.13. The average Bonchev–Trinajstić information content (AvgIpc) is 2.76. The number of aliphatic hydroxyl groups is 2. The van der Waals surface area contributed by atoms with Crippen LogP contribution in [0.4, 0.5) is 5.69 Å². The van der Waals surface area contributed by atoms with Crippen LogP contribution in [0.5, 0.6) is 0 Å². The van der Waals surface area contributed by atoms with Crippen molar-refractivity contribution in [2.75, 3.05) is 18.1 Å². The Labute approximate surface area is 110 Å². The molecule has 1 saturated heterocycles. The van der Waals surface area contributed by atoms with Gasteiger partial charge in [0.1, 0.15) is 0 Å². The first kappa shape index (κ1) is 12.9. The van der Waals surface area contributed by atoms with Gasteiger partial charge < -0.3 is 15.1 Å². The molecule has 0 aromatic heterocycles. The zero-order valence-electron chi connectivity index (χ0n) is 9.93. The fourth-order valence-electron chi connectivity index (χ4n) is 2.40. The number of benzene rings is 1. The Balaban J connectivity index is 2.25. The largest absolute Gasteiger partial charge is 0.394 e. The lowest BCUT2D eigenvalue weighted by atomic mass is 10.1. The van der Waals surface area contributed by atoms with E-state index in [1.165, 1.54) is 0 Å². The molecule has 0 saturated carbocycles. The molecule has 3 nitrogen and oxygen atoms in total. The second-order valence-electron chi connectivity index (χ2n) is 4.55. The maximum absolute atomic E-state index is 9.58. The molecule has 0 spiro atoms. The van der Waals surface area contributed by atoms with Gasteiger partial charge in [-0.25, -0.2) is 0 Å². The van der Waals surface area contributed by atoms with E-state index in [9.17, 15) is 10.2 Å². The number of aliphatic hydroxyl groups excluding tert-OH is 2. The number of rotatable bonds is 3. The Hall–Kier alpha value is -0.580. The van der Waals surface area contributed by atoms with Gasteiger partial charge in [0.25, 0.3) is 0 Å². The highest BCUT2D eigenvalue weighted by Crippen LogP contribution is 2.31. The lowest BCUT2D eigenvalue weighted by Gasteiger charge is -2.26. The summed E-state index contributed by atoms with van der Waals surface area (Å²) >= 11 is 3.49. The molecule has 17 heavy (non-hydrogen) atoms. The summed E-state index contributed by atoms with van der Waals surface area (Å²) in [5, 5.41) is 18.9. The summed E-state index contributed by atoms with van der Waals surface area (Å²) in [7, 11) is 0. The molecule has 1 heterocycles. The van der Waals surface area contributed by atoms with Gasteiger partial charge in [0, 0.05) is 16.7 Å². The van der Waals surface area contributed by atoms with Crippen molar-refractivity contribution >= 4 is 21.6 Å². The molecule has 94 valence electrons. The Morgan fingerprint density at radius 3 is 2.88 bits per heavy atom. The Morgan fingerprint density at radius 2 is 2.29 bits per heavy atom. The van der Waals surface area contributed by atoms with Gasteiger partial charge in [0.05, 0.1) is 18.8 Å². The quantitative estimate of drug-likeness (QED) is 0.901. The highest BCUT2D eigenvalue weighted by Gasteiger charge is 2.24. The van der Waals surface area contributed by atoms with Crippen molar-refractivity contribution in [2.24, 2.45) is 0 Å². The van der Waals surface area contributed by atoms with Crippen molar-refractivity contribution in [3.63, 3.8) is 0 Å². The van der Waals surface area contributed by atoms with Gasteiger partial charge in [0.2, 0.25) is 0 Å². The summed E-state index contributed by atoms with van der Waals surface area (Å²) in [5.74, 6) is 0. The van der Waals surface area contributed by atoms with Crippen LogP contribution in [-0.2, 0) is 0 Å². The fraction of sp³-hybridized carbons (Fsp3) is 0.538. The lowest BCUT2D eigenvalue weighted by Crippen LogP contribution is -2.31. The Bertz CT molecular complexity index is 395. The summed E-state index contributed by atoms with van der Waals surface area (Å²) in [4.78, 5) is 2.23. The van der Waals surface area contributed by atoms with Crippen molar-refractivity contribution in [3.8, 4) is 0 Å². The molecule has 2 N–H and O–H groups in total. The van der Waals surface area contributed by atoms with E-state index in [4.69, 9.17) is 0 Å². The highest BCUT2D eigenvalue weighted by atomic mass is 79.9. The van der Waals surface area contributed by atoms with Crippen LogP contribution in [0.3, 0.4) is 0 Å². The molecule has 1 aromatic rings. The minimum absolute atomic E-state index is 0.204. The summed E-state index contributed by atoms with van der Waals surface area (Å²) in [6.07, 6.45) is 1.71. The maximum atomic E-state index is 9.58. The van der Waals surface area contributed by atoms with E-state index in [0.717, 1.165) is 35.1 Å². The molecule has 0 aliphatic carbocycles. The van der Waals surface area contributed by atoms with E-state index >= 15 is 0 Å². The van der Waals surface area contributed by atoms with E-state index in [-0.39, 0.29) is 12.6 Å². The third kappa shape index (κ3) is 2.64. The van der Waals surface area contributed by atoms with Crippen molar-refractivity contribution in [2.45, 2.75) is 31.9 Å². The number of anilines is 1. The third-order valence-electron chi connectivity index (χ3n) is 3.35. The van der Waals surface area contributed by atoms with Gasteiger partial charge in [0.15, 0.2) is 0 Å². The zero-order chi connectivity index (χ0) is 12.4. The summed E-state index contributed by atoms with van der Waals surface area (Å²) < 4.78 is 0.925. The number of nitrogens with zero attached hydrogens (tertiary/aromatic N) is 1. The minimum atomic E-state index is -0.467. The molecule has 0 bridgehead atoms. The van der Waals surface area contributed by atoms with Crippen LogP contribution < -0.4 is 4.90 Å². The van der Waals surface area contributed by atoms with Crippen LogP contribution in [0, 0.1) is 0 Å². The fourth-order valence-corrected chi connectivity index (χ4v) is 3.10. The van der Waals surface area contributed by atoms with Crippen molar-refractivity contribution in [3.05, 3.63) is 28.2 Å². The molecular formula is C13H18BrNO2. The topological polar surface area (TPSA) is 43.7 Å². The molecule has 1 aromatic carbocycles. The van der Waals surface area contributed by atoms with Gasteiger partial charge in [-0.2, -0.15) is 0 Å². The minimum Gasteiger partial charge on any atom is -0.394 e. The predicted molar refractivity (Wildman–Crippen MR) is 72.2 cm³/mol. The van der Waals surface area contributed by atoms with E-state index in [2.05, 4.69) is 20.8 Å². The molecule has 2 unspecified atom stereocenters. The molecule has 2 atom stereocenters. The van der Waals surface area contributed by atoms with E-state index in [1.807, 2.05) is 18.2 Å². The molecule has 1 fully saturated rings. The second kappa shape index (κ2) is 5.38. The second-order valence-corrected chi connectivity index (χ2v) is 5.41. The van der Waals surface area contributed by atoms with Crippen molar-refractivity contribution in [1.82, 2.24) is 0 Å². The lowest BCUT2D eigenvalue weighted by molar-refractivity contribution is 0.198. The Morgan fingerprint density at radius 1 is 1.53 bits per heavy atom. The van der Waals surface area contributed by atoms with Gasteiger partial charge in [-0.1, -0.05) is 22.0 Å². The highest BCUT2D eigenvalue weighted by molar-refractivity contribution is 9.10. The van der Waals surface area contributed by atoms with Crippen LogP contribution in [0.25, 0.3) is 0 Å². The van der Waals surface area contributed by atoms with Gasteiger partial charge in [-0.15, -0.1) is 0 Å². The first-order valence-corrected chi connectivity index (χ1v) is 6.77. The first-order valence-electron chi connectivity index (χ1n) is 5.98. The summed E-state index contributed by atoms with van der Waals surface area (Å²) in [6, 6.07) is 6.22. The molecule has 4 heteroatoms. The maximum Gasteiger partial charge on any atom is 0.0772 e. The number of halogens is 1. The standard InChI is InChI=1S/C13H18BrNO2/c1-9(17)12-5-4-10(7-13(12)14)15-6-2-3-11(15)8-16/h4-5,7,9,11,16-17H,2-3,6,8H2,1H3. The summed E-state index contributed by atoms with van der Waals surface area (Å²) in [5.41, 5.74) is 2.01. The predicted octanol–water partition coefficient (Wildman–Crippen LogP) is 2.46. The van der Waals surface area contributed by atoms with Crippen LogP contribution in [0.2, 0.25) is 0 Å². The van der Waals surface area contributed by atoms with E-state index in [0.29, 0.717) is 0 Å². The zero-order valence-corrected chi connectivity index (χ0v) is 11.5. The number of hydrogen-bond acceptors (Lipinski definition) is 3. The number of hydrogen-bond donors (Lipinski definition) is 2. The Kier molecular flexibility index (Phi) is 4.07. The van der Waals surface area contributed by atoms with Crippen LogP contribution >= 0.6 is 15.9 Å². The van der Waals surface area contributed by atoms with Crippen molar-refractivity contribution in [1.29, 1.82) is 0 Å². The monoisotopic (exact) mass is 299 g/mol. The molecular weight excluding hydrogens is 282 g/mol. The molecule has 0 amide bonds. The molecule has 1 aliphatic heterocycles. The third-order valence-corrected chi connectivity index (χ3v) is 4.04. The van der Waals surface area contributed by atoms with Gasteiger partial charge in [-0.3, -0.25) is 0 Å². The van der Waals surface area contributed by atoms with Gasteiger partial charge >= 0.3 is 0 Å². The summed E-state index contributed by atoms with van der Waals surface area (Å²) in [6.45, 7) is 2.95. The van der Waals surface area contributed by atoms with Crippen LogP contribution in [-0.4, -0.2) is 29.4 Å². The van der Waals surface area contributed by atoms with Crippen LogP contribution in [0.1, 0.15) is 31.4 Å². The molecule has 2 rings (SSSR count). The van der Waals surface area contributed by atoms with E-state index < -0.39 is 6.10 Å². The van der Waals surface area contributed by atoms with Crippen LogP contribution in [0.15, 0.2) is 22.7 Å². The van der Waals surface area contributed by atoms with Gasteiger partial charge in [-0.05, 0) is 37.5 Å². The van der Waals surface area contributed by atoms with E-state index in [1.54, 1.807) is 6.92 Å². The average molecular weight is 300 g/mol. The SMILES string of the molecule is CC(O)c1ccc(N2CCCC2CO)cc1Br. The molecule has 0 radical (unpaired) electrons. The van der Waals surface area contributed by atoms with Crippen molar-refractivity contribution < 1.29 is 10.2 Å². The smallest absolute Gasteiger partial charge is 0.0772 e.